The van der Waals surface area contributed by atoms with Gasteiger partial charge in [-0.2, -0.15) is 5.26 Å². The summed E-state index contributed by atoms with van der Waals surface area (Å²) in [5, 5.41) is 9.10. The average molecular weight is 232 g/mol. The first-order valence-electron chi connectivity index (χ1n) is 5.13. The van der Waals surface area contributed by atoms with Gasteiger partial charge in [0.1, 0.15) is 6.07 Å². The largest absolute Gasteiger partial charge is 0.493 e. The first kappa shape index (κ1) is 12.9. The third kappa shape index (κ3) is 3.15. The summed E-state index contributed by atoms with van der Waals surface area (Å²) in [6.45, 7) is 0. The molecule has 0 amide bonds. The zero-order valence-corrected chi connectivity index (χ0v) is 10.5. The second-order valence-corrected chi connectivity index (χ2v) is 3.69. The Hall–Kier alpha value is -2.15. The van der Waals surface area contributed by atoms with Crippen molar-refractivity contribution < 1.29 is 9.47 Å². The van der Waals surface area contributed by atoms with Crippen molar-refractivity contribution in [3.63, 3.8) is 0 Å². The van der Waals surface area contributed by atoms with Crippen molar-refractivity contribution in [2.75, 3.05) is 28.3 Å². The smallest absolute Gasteiger partial charge is 0.161 e. The van der Waals surface area contributed by atoms with Crippen molar-refractivity contribution in [2.24, 2.45) is 0 Å². The maximum atomic E-state index is 9.10. The lowest BCUT2D eigenvalue weighted by molar-refractivity contribution is 0.355. The third-order valence-electron chi connectivity index (χ3n) is 2.20. The van der Waals surface area contributed by atoms with E-state index in [2.05, 4.69) is 6.07 Å². The van der Waals surface area contributed by atoms with Crippen molar-refractivity contribution in [2.45, 2.75) is 0 Å². The van der Waals surface area contributed by atoms with E-state index in [0.29, 0.717) is 17.1 Å². The molecule has 0 saturated carbocycles. The van der Waals surface area contributed by atoms with Crippen LogP contribution in [0.15, 0.2) is 24.4 Å². The summed E-state index contributed by atoms with van der Waals surface area (Å²) in [5.74, 6) is 1.27. The van der Waals surface area contributed by atoms with Crippen LogP contribution in [0.1, 0.15) is 5.56 Å². The molecule has 90 valence electrons. The molecule has 0 saturated heterocycles. The predicted molar refractivity (Wildman–Crippen MR) is 66.8 cm³/mol. The molecule has 0 aliphatic heterocycles. The van der Waals surface area contributed by atoms with E-state index in [1.54, 1.807) is 32.6 Å². The number of methoxy groups -OCH3 is 2. The van der Waals surface area contributed by atoms with Crippen LogP contribution in [0.25, 0.3) is 5.57 Å². The van der Waals surface area contributed by atoms with Gasteiger partial charge in [-0.25, -0.2) is 0 Å². The second kappa shape index (κ2) is 5.80. The molecule has 1 rings (SSSR count). The van der Waals surface area contributed by atoms with Crippen molar-refractivity contribution in [3.05, 3.63) is 30.0 Å². The highest BCUT2D eigenvalue weighted by Gasteiger charge is 2.07. The molecule has 1 aromatic rings. The lowest BCUT2D eigenvalue weighted by Gasteiger charge is -2.10. The Bertz CT molecular complexity index is 459. The van der Waals surface area contributed by atoms with Crippen LogP contribution in [0, 0.1) is 11.3 Å². The monoisotopic (exact) mass is 232 g/mol. The van der Waals surface area contributed by atoms with E-state index in [-0.39, 0.29) is 0 Å². The van der Waals surface area contributed by atoms with Crippen molar-refractivity contribution in [3.8, 4) is 17.6 Å². The van der Waals surface area contributed by atoms with Crippen LogP contribution in [0.2, 0.25) is 0 Å². The number of hydrogen-bond donors (Lipinski definition) is 0. The molecule has 0 heterocycles. The standard InChI is InChI=1S/C13H16N2O2/c1-15(2)9-11(8-14)10-5-6-12(16-3)13(7-10)17-4/h5-7,9H,1-4H3. The minimum Gasteiger partial charge on any atom is -0.493 e. The summed E-state index contributed by atoms with van der Waals surface area (Å²) < 4.78 is 10.3. The van der Waals surface area contributed by atoms with E-state index >= 15 is 0 Å². The van der Waals surface area contributed by atoms with E-state index in [9.17, 15) is 0 Å². The van der Waals surface area contributed by atoms with Gasteiger partial charge >= 0.3 is 0 Å². The summed E-state index contributed by atoms with van der Waals surface area (Å²) in [4.78, 5) is 1.83. The highest BCUT2D eigenvalue weighted by Crippen LogP contribution is 2.30. The minimum absolute atomic E-state index is 0.580. The Morgan fingerprint density at radius 2 is 1.88 bits per heavy atom. The van der Waals surface area contributed by atoms with Gasteiger partial charge in [-0.05, 0) is 23.8 Å². The number of benzene rings is 1. The highest BCUT2D eigenvalue weighted by molar-refractivity contribution is 5.77. The third-order valence-corrected chi connectivity index (χ3v) is 2.20. The SMILES string of the molecule is COc1ccc(C(C#N)=CN(C)C)cc1OC. The number of nitrogens with zero attached hydrogens (tertiary/aromatic N) is 2. The van der Waals surface area contributed by atoms with Gasteiger partial charge in [-0.1, -0.05) is 0 Å². The van der Waals surface area contributed by atoms with Crippen LogP contribution in [0.3, 0.4) is 0 Å². The predicted octanol–water partition coefficient (Wildman–Crippen LogP) is 2.13. The molecule has 0 bridgehead atoms. The first-order valence-corrected chi connectivity index (χ1v) is 5.13. The molecule has 0 spiro atoms. The number of ether oxygens (including phenoxy) is 2. The molecule has 0 fully saturated rings. The average Bonchev–Trinajstić information content (AvgIpc) is 2.34. The van der Waals surface area contributed by atoms with Crippen molar-refractivity contribution >= 4 is 5.57 Å². The normalized spacial score (nSPS) is 10.6. The van der Waals surface area contributed by atoms with Gasteiger partial charge < -0.3 is 14.4 Å². The Morgan fingerprint density at radius 1 is 1.24 bits per heavy atom. The molecule has 0 aromatic heterocycles. The number of nitriles is 1. The summed E-state index contributed by atoms with van der Waals surface area (Å²) >= 11 is 0. The van der Waals surface area contributed by atoms with E-state index in [1.165, 1.54) is 0 Å². The van der Waals surface area contributed by atoms with Gasteiger partial charge in [0.15, 0.2) is 11.5 Å². The molecule has 4 heteroatoms. The number of rotatable bonds is 4. The first-order chi connectivity index (χ1) is 8.12. The molecule has 1 aromatic carbocycles. The van der Waals surface area contributed by atoms with Crippen molar-refractivity contribution in [1.29, 1.82) is 5.26 Å². The topological polar surface area (TPSA) is 45.5 Å². The second-order valence-electron chi connectivity index (χ2n) is 3.69. The van der Waals surface area contributed by atoms with E-state index in [1.807, 2.05) is 25.1 Å². The fourth-order valence-electron chi connectivity index (χ4n) is 1.43. The van der Waals surface area contributed by atoms with Gasteiger partial charge in [0.25, 0.3) is 0 Å². The van der Waals surface area contributed by atoms with Crippen LogP contribution in [-0.4, -0.2) is 33.2 Å². The summed E-state index contributed by atoms with van der Waals surface area (Å²) in [5.41, 5.74) is 1.38. The quantitative estimate of drug-likeness (QED) is 0.746. The lowest BCUT2D eigenvalue weighted by Crippen LogP contribution is -2.02. The molecule has 0 unspecified atom stereocenters. The zero-order chi connectivity index (χ0) is 12.8. The molecular weight excluding hydrogens is 216 g/mol. The molecular formula is C13H16N2O2. The van der Waals surface area contributed by atoms with E-state index in [0.717, 1.165) is 5.56 Å². The molecule has 4 nitrogen and oxygen atoms in total. The molecule has 0 aliphatic rings. The van der Waals surface area contributed by atoms with Crippen LogP contribution >= 0.6 is 0 Å². The Labute approximate surface area is 102 Å². The van der Waals surface area contributed by atoms with E-state index in [4.69, 9.17) is 14.7 Å². The number of allylic oxidation sites excluding steroid dienone is 1. The van der Waals surface area contributed by atoms with Gasteiger partial charge in [-0.3, -0.25) is 0 Å². The number of hydrogen-bond acceptors (Lipinski definition) is 4. The lowest BCUT2D eigenvalue weighted by atomic mass is 10.1. The van der Waals surface area contributed by atoms with Crippen LogP contribution in [0.5, 0.6) is 11.5 Å². The zero-order valence-electron chi connectivity index (χ0n) is 10.5. The van der Waals surface area contributed by atoms with Crippen LogP contribution < -0.4 is 9.47 Å². The molecule has 0 atom stereocenters. The van der Waals surface area contributed by atoms with E-state index < -0.39 is 0 Å². The Balaban J connectivity index is 3.20. The van der Waals surface area contributed by atoms with Gasteiger partial charge in [0.05, 0.1) is 19.8 Å². The minimum atomic E-state index is 0.580. The molecule has 0 radical (unpaired) electrons. The van der Waals surface area contributed by atoms with Crippen molar-refractivity contribution in [1.82, 2.24) is 4.90 Å². The van der Waals surface area contributed by atoms with Gasteiger partial charge in [0.2, 0.25) is 0 Å². The molecule has 0 N–H and O–H groups in total. The Morgan fingerprint density at radius 3 is 2.35 bits per heavy atom. The summed E-state index contributed by atoms with van der Waals surface area (Å²) in [6, 6.07) is 7.57. The summed E-state index contributed by atoms with van der Waals surface area (Å²) in [7, 11) is 6.90. The maximum Gasteiger partial charge on any atom is 0.161 e. The fraction of sp³-hybridized carbons (Fsp3) is 0.308. The highest BCUT2D eigenvalue weighted by atomic mass is 16.5. The van der Waals surface area contributed by atoms with Crippen LogP contribution in [-0.2, 0) is 0 Å². The summed E-state index contributed by atoms with van der Waals surface area (Å²) in [6.07, 6.45) is 1.77. The molecule has 0 aliphatic carbocycles. The van der Waals surface area contributed by atoms with Gasteiger partial charge in [-0.15, -0.1) is 0 Å². The maximum absolute atomic E-state index is 9.10. The molecule has 17 heavy (non-hydrogen) atoms. The fourth-order valence-corrected chi connectivity index (χ4v) is 1.43. The van der Waals surface area contributed by atoms with Crippen LogP contribution in [0.4, 0.5) is 0 Å². The Kier molecular flexibility index (Phi) is 4.41. The van der Waals surface area contributed by atoms with Gasteiger partial charge in [0, 0.05) is 20.3 Å².